The number of carbonyl (C=O) groups is 1. The number of piperidine rings is 1. The van der Waals surface area contributed by atoms with E-state index in [1.165, 1.54) is 13.2 Å². The van der Waals surface area contributed by atoms with Crippen LogP contribution in [0, 0.1) is 5.92 Å². The van der Waals surface area contributed by atoms with E-state index in [0.717, 1.165) is 12.1 Å². The smallest absolute Gasteiger partial charge is 0.416 e. The van der Waals surface area contributed by atoms with E-state index in [1.54, 1.807) is 6.07 Å². The molecule has 1 saturated heterocycles. The van der Waals surface area contributed by atoms with Crippen LogP contribution in [-0.4, -0.2) is 43.6 Å². The molecule has 0 bridgehead atoms. The number of hydrogen-bond acceptors (Lipinski definition) is 3. The SMILES string of the molecule is CCNC(=NCc1cccc(C(F)(F)F)c1)N1CCC(C(=O)OC)CC1.I. The highest BCUT2D eigenvalue weighted by molar-refractivity contribution is 14.0. The van der Waals surface area contributed by atoms with Crippen molar-refractivity contribution < 1.29 is 22.7 Å². The Morgan fingerprint density at radius 3 is 2.56 bits per heavy atom. The molecule has 0 radical (unpaired) electrons. The molecule has 9 heteroatoms. The van der Waals surface area contributed by atoms with Crippen LogP contribution in [0.25, 0.3) is 0 Å². The van der Waals surface area contributed by atoms with E-state index in [-0.39, 0.29) is 42.4 Å². The standard InChI is InChI=1S/C18H24F3N3O2.HI/c1-3-22-17(24-9-7-14(8-10-24)16(25)26-2)23-12-13-5-4-6-15(11-13)18(19,20)21;/h4-6,11,14H,3,7-10,12H2,1-2H3,(H,22,23);1H. The van der Waals surface area contributed by atoms with Gasteiger partial charge in [-0.05, 0) is 37.5 Å². The first-order chi connectivity index (χ1) is 12.3. The number of aliphatic imine (C=N–C) groups is 1. The van der Waals surface area contributed by atoms with Gasteiger partial charge >= 0.3 is 12.1 Å². The normalized spacial score (nSPS) is 15.9. The van der Waals surface area contributed by atoms with E-state index in [1.807, 2.05) is 11.8 Å². The van der Waals surface area contributed by atoms with Gasteiger partial charge in [0.25, 0.3) is 0 Å². The molecule has 0 spiro atoms. The Kier molecular flexibility index (Phi) is 9.34. The number of halogens is 4. The van der Waals surface area contributed by atoms with Crippen LogP contribution in [0.1, 0.15) is 30.9 Å². The molecule has 1 N–H and O–H groups in total. The molecule has 0 saturated carbocycles. The zero-order valence-electron chi connectivity index (χ0n) is 15.4. The number of alkyl halides is 3. The average Bonchev–Trinajstić information content (AvgIpc) is 2.64. The summed E-state index contributed by atoms with van der Waals surface area (Å²) in [6, 6.07) is 5.20. The van der Waals surface area contributed by atoms with Gasteiger partial charge in [0.05, 0.1) is 25.1 Å². The topological polar surface area (TPSA) is 53.9 Å². The van der Waals surface area contributed by atoms with Crippen molar-refractivity contribution in [3.05, 3.63) is 35.4 Å². The number of benzene rings is 1. The van der Waals surface area contributed by atoms with E-state index in [0.29, 0.717) is 44.0 Å². The zero-order chi connectivity index (χ0) is 19.2. The first kappa shape index (κ1) is 23.5. The van der Waals surface area contributed by atoms with Gasteiger partial charge in [-0.1, -0.05) is 12.1 Å². The molecule has 27 heavy (non-hydrogen) atoms. The first-order valence-electron chi connectivity index (χ1n) is 8.62. The molecule has 2 rings (SSSR count). The van der Waals surface area contributed by atoms with Crippen molar-refractivity contribution in [3.63, 3.8) is 0 Å². The Morgan fingerprint density at radius 1 is 1.33 bits per heavy atom. The second kappa shape index (κ2) is 10.7. The number of methoxy groups -OCH3 is 1. The van der Waals surface area contributed by atoms with Crippen molar-refractivity contribution in [2.45, 2.75) is 32.5 Å². The summed E-state index contributed by atoms with van der Waals surface area (Å²) in [7, 11) is 1.38. The van der Waals surface area contributed by atoms with E-state index in [9.17, 15) is 18.0 Å². The number of ether oxygens (including phenoxy) is 1. The number of likely N-dealkylation sites (tertiary alicyclic amines) is 1. The minimum absolute atomic E-state index is 0. The molecule has 0 atom stereocenters. The number of hydrogen-bond donors (Lipinski definition) is 1. The van der Waals surface area contributed by atoms with Crippen LogP contribution in [0.4, 0.5) is 13.2 Å². The Bertz CT molecular complexity index is 645. The number of nitrogens with zero attached hydrogens (tertiary/aromatic N) is 2. The third kappa shape index (κ3) is 6.86. The minimum atomic E-state index is -4.36. The van der Waals surface area contributed by atoms with Crippen LogP contribution >= 0.6 is 24.0 Å². The summed E-state index contributed by atoms with van der Waals surface area (Å²) < 4.78 is 43.2. The van der Waals surface area contributed by atoms with Gasteiger partial charge in [0.2, 0.25) is 0 Å². The number of esters is 1. The number of guanidine groups is 1. The lowest BCUT2D eigenvalue weighted by Crippen LogP contribution is -2.46. The fourth-order valence-electron chi connectivity index (χ4n) is 2.93. The number of rotatable bonds is 4. The van der Waals surface area contributed by atoms with Crippen molar-refractivity contribution in [2.24, 2.45) is 10.9 Å². The van der Waals surface area contributed by atoms with E-state index in [2.05, 4.69) is 10.3 Å². The van der Waals surface area contributed by atoms with E-state index < -0.39 is 11.7 Å². The maximum Gasteiger partial charge on any atom is 0.416 e. The molecule has 5 nitrogen and oxygen atoms in total. The second-order valence-corrected chi connectivity index (χ2v) is 6.15. The van der Waals surface area contributed by atoms with Crippen LogP contribution in [0.2, 0.25) is 0 Å². The first-order valence-corrected chi connectivity index (χ1v) is 8.62. The van der Waals surface area contributed by atoms with Gasteiger partial charge in [0.1, 0.15) is 0 Å². The summed E-state index contributed by atoms with van der Waals surface area (Å²) in [6.45, 7) is 4.03. The largest absolute Gasteiger partial charge is 0.469 e. The minimum Gasteiger partial charge on any atom is -0.469 e. The van der Waals surface area contributed by atoms with E-state index >= 15 is 0 Å². The van der Waals surface area contributed by atoms with Crippen molar-refractivity contribution >= 4 is 35.9 Å². The summed E-state index contributed by atoms with van der Waals surface area (Å²) >= 11 is 0. The van der Waals surface area contributed by atoms with E-state index in [4.69, 9.17) is 4.74 Å². The molecule has 0 amide bonds. The lowest BCUT2D eigenvalue weighted by atomic mass is 9.97. The molecule has 1 aromatic rings. The summed E-state index contributed by atoms with van der Waals surface area (Å²) in [6.07, 6.45) is -3.03. The molecule has 0 unspecified atom stereocenters. The van der Waals surface area contributed by atoms with Gasteiger partial charge < -0.3 is 15.0 Å². The molecule has 1 aliphatic heterocycles. The molecular weight excluding hydrogens is 474 g/mol. The fraction of sp³-hybridized carbons (Fsp3) is 0.556. The lowest BCUT2D eigenvalue weighted by molar-refractivity contribution is -0.146. The molecule has 1 aromatic carbocycles. The molecular formula is C18H25F3IN3O2. The molecule has 1 aliphatic rings. The zero-order valence-corrected chi connectivity index (χ0v) is 17.7. The molecule has 0 aromatic heterocycles. The summed E-state index contributed by atoms with van der Waals surface area (Å²) in [4.78, 5) is 18.1. The van der Waals surface area contributed by atoms with Crippen molar-refractivity contribution in [3.8, 4) is 0 Å². The summed E-state index contributed by atoms with van der Waals surface area (Å²) in [5.41, 5.74) is -0.172. The highest BCUT2D eigenvalue weighted by Gasteiger charge is 2.30. The molecule has 1 heterocycles. The van der Waals surface area contributed by atoms with Gasteiger partial charge in [-0.15, -0.1) is 24.0 Å². The van der Waals surface area contributed by atoms with Gasteiger partial charge in [-0.2, -0.15) is 13.2 Å². The summed E-state index contributed by atoms with van der Waals surface area (Å²) in [5, 5.41) is 3.16. The van der Waals surface area contributed by atoms with Crippen LogP contribution in [-0.2, 0) is 22.3 Å². The maximum atomic E-state index is 12.8. The summed E-state index contributed by atoms with van der Waals surface area (Å²) in [5.74, 6) is 0.339. The molecule has 0 aliphatic carbocycles. The molecule has 152 valence electrons. The molecule has 1 fully saturated rings. The monoisotopic (exact) mass is 499 g/mol. The van der Waals surface area contributed by atoms with Gasteiger partial charge in [-0.3, -0.25) is 4.79 Å². The lowest BCUT2D eigenvalue weighted by Gasteiger charge is -2.33. The highest BCUT2D eigenvalue weighted by Crippen LogP contribution is 2.29. The third-order valence-corrected chi connectivity index (χ3v) is 4.33. The highest BCUT2D eigenvalue weighted by atomic mass is 127. The van der Waals surface area contributed by atoms with Crippen LogP contribution in [0.3, 0.4) is 0 Å². The van der Waals surface area contributed by atoms with Gasteiger partial charge in [0, 0.05) is 19.6 Å². The Hall–Kier alpha value is -1.52. The number of nitrogens with one attached hydrogen (secondary N) is 1. The Morgan fingerprint density at radius 2 is 2.00 bits per heavy atom. The Balaban J connectivity index is 0.00000364. The van der Waals surface area contributed by atoms with Crippen LogP contribution in [0.15, 0.2) is 29.3 Å². The van der Waals surface area contributed by atoms with Crippen molar-refractivity contribution in [2.75, 3.05) is 26.7 Å². The second-order valence-electron chi connectivity index (χ2n) is 6.15. The van der Waals surface area contributed by atoms with Gasteiger partial charge in [-0.25, -0.2) is 4.99 Å². The maximum absolute atomic E-state index is 12.8. The predicted octanol–water partition coefficient (Wildman–Crippen LogP) is 3.67. The predicted molar refractivity (Wildman–Crippen MR) is 108 cm³/mol. The van der Waals surface area contributed by atoms with Crippen molar-refractivity contribution in [1.29, 1.82) is 0 Å². The van der Waals surface area contributed by atoms with Gasteiger partial charge in [0.15, 0.2) is 5.96 Å². The van der Waals surface area contributed by atoms with Crippen molar-refractivity contribution in [1.82, 2.24) is 10.2 Å². The quantitative estimate of drug-likeness (QED) is 0.298. The van der Waals surface area contributed by atoms with Crippen LogP contribution < -0.4 is 5.32 Å². The fourth-order valence-corrected chi connectivity index (χ4v) is 2.93. The third-order valence-electron chi connectivity index (χ3n) is 4.33. The number of carbonyl (C=O) groups excluding carboxylic acids is 1. The average molecular weight is 499 g/mol. The van der Waals surface area contributed by atoms with Crippen LogP contribution in [0.5, 0.6) is 0 Å². The Labute approximate surface area is 174 Å².